The first-order valence-corrected chi connectivity index (χ1v) is 7.16. The smallest absolute Gasteiger partial charge is 0.339 e. The van der Waals surface area contributed by atoms with Crippen LogP contribution in [0.1, 0.15) is 21.5 Å². The summed E-state index contributed by atoms with van der Waals surface area (Å²) < 4.78 is 19.6. The number of hydrogen-bond acceptors (Lipinski definition) is 2. The number of carbonyl (C=O) groups is 1. The summed E-state index contributed by atoms with van der Waals surface area (Å²) in [5, 5.41) is 9.20. The number of halogens is 3. The van der Waals surface area contributed by atoms with E-state index in [-0.39, 0.29) is 22.9 Å². The first-order valence-electron chi connectivity index (χ1n) is 5.99. The van der Waals surface area contributed by atoms with Crippen molar-refractivity contribution in [3.05, 3.63) is 62.3 Å². The standard InChI is InChI=1S/C15H11BrClFO3/c1-8-5-10(16)6-11(15(19)20)14(8)21-7-9-3-2-4-12(18)13(9)17/h2-6H,7H2,1H3,(H,19,20). The monoisotopic (exact) mass is 372 g/mol. The zero-order valence-electron chi connectivity index (χ0n) is 11.0. The van der Waals surface area contributed by atoms with Crippen molar-refractivity contribution < 1.29 is 19.0 Å². The predicted octanol–water partition coefficient (Wildman–Crippen LogP) is 4.83. The number of carboxylic acid groups (broad SMARTS) is 1. The number of aromatic carboxylic acids is 1. The number of hydrogen-bond donors (Lipinski definition) is 1. The van der Waals surface area contributed by atoms with Gasteiger partial charge in [0.05, 0.1) is 5.02 Å². The highest BCUT2D eigenvalue weighted by Crippen LogP contribution is 2.30. The van der Waals surface area contributed by atoms with Crippen LogP contribution in [0.25, 0.3) is 0 Å². The van der Waals surface area contributed by atoms with Crippen molar-refractivity contribution in [1.29, 1.82) is 0 Å². The van der Waals surface area contributed by atoms with E-state index in [1.54, 1.807) is 19.1 Å². The van der Waals surface area contributed by atoms with Crippen LogP contribution in [-0.4, -0.2) is 11.1 Å². The van der Waals surface area contributed by atoms with Crippen LogP contribution in [0.15, 0.2) is 34.8 Å². The summed E-state index contributed by atoms with van der Waals surface area (Å²) in [6, 6.07) is 7.60. The number of ether oxygens (including phenoxy) is 1. The molecule has 0 aliphatic rings. The molecule has 0 amide bonds. The molecule has 0 aliphatic carbocycles. The molecule has 0 unspecified atom stereocenters. The summed E-state index contributed by atoms with van der Waals surface area (Å²) in [6.45, 7) is 1.72. The van der Waals surface area contributed by atoms with Gasteiger partial charge in [0, 0.05) is 10.0 Å². The molecule has 0 aliphatic heterocycles. The van der Waals surface area contributed by atoms with Crippen LogP contribution in [0.3, 0.4) is 0 Å². The van der Waals surface area contributed by atoms with Gasteiger partial charge in [-0.25, -0.2) is 9.18 Å². The van der Waals surface area contributed by atoms with E-state index < -0.39 is 11.8 Å². The van der Waals surface area contributed by atoms with E-state index in [2.05, 4.69) is 15.9 Å². The Morgan fingerprint density at radius 2 is 2.14 bits per heavy atom. The summed E-state index contributed by atoms with van der Waals surface area (Å²) in [6.07, 6.45) is 0. The third-order valence-electron chi connectivity index (χ3n) is 2.87. The quantitative estimate of drug-likeness (QED) is 0.835. The van der Waals surface area contributed by atoms with Crippen molar-refractivity contribution in [3.8, 4) is 5.75 Å². The van der Waals surface area contributed by atoms with Crippen LogP contribution in [0.2, 0.25) is 5.02 Å². The molecule has 2 aromatic rings. The van der Waals surface area contributed by atoms with Crippen molar-refractivity contribution >= 4 is 33.5 Å². The predicted molar refractivity (Wildman–Crippen MR) is 81.6 cm³/mol. The maximum absolute atomic E-state index is 13.4. The molecule has 21 heavy (non-hydrogen) atoms. The summed E-state index contributed by atoms with van der Waals surface area (Å²) in [5.74, 6) is -1.39. The Hall–Kier alpha value is -1.59. The molecule has 0 heterocycles. The van der Waals surface area contributed by atoms with E-state index in [0.29, 0.717) is 15.6 Å². The molecule has 0 spiro atoms. The van der Waals surface area contributed by atoms with Gasteiger partial charge >= 0.3 is 5.97 Å². The van der Waals surface area contributed by atoms with Crippen LogP contribution in [0.4, 0.5) is 4.39 Å². The highest BCUT2D eigenvalue weighted by Gasteiger charge is 2.16. The normalized spacial score (nSPS) is 10.5. The Morgan fingerprint density at radius 3 is 2.81 bits per heavy atom. The first-order chi connectivity index (χ1) is 9.90. The minimum absolute atomic E-state index is 0.0145. The third kappa shape index (κ3) is 3.54. The van der Waals surface area contributed by atoms with Crippen LogP contribution < -0.4 is 4.74 Å². The molecule has 0 atom stereocenters. The minimum Gasteiger partial charge on any atom is -0.488 e. The minimum atomic E-state index is -1.10. The average molecular weight is 374 g/mol. The van der Waals surface area contributed by atoms with E-state index >= 15 is 0 Å². The lowest BCUT2D eigenvalue weighted by Crippen LogP contribution is -2.06. The number of aryl methyl sites for hydroxylation is 1. The van der Waals surface area contributed by atoms with Gasteiger partial charge in [-0.3, -0.25) is 0 Å². The van der Waals surface area contributed by atoms with E-state index in [1.165, 1.54) is 18.2 Å². The second kappa shape index (κ2) is 6.45. The lowest BCUT2D eigenvalue weighted by molar-refractivity contribution is 0.0691. The molecule has 3 nitrogen and oxygen atoms in total. The Labute approximate surface area is 134 Å². The molecule has 1 N–H and O–H groups in total. The fourth-order valence-electron chi connectivity index (χ4n) is 1.89. The molecule has 110 valence electrons. The Balaban J connectivity index is 2.32. The maximum atomic E-state index is 13.4. The summed E-state index contributed by atoms with van der Waals surface area (Å²) in [7, 11) is 0. The van der Waals surface area contributed by atoms with E-state index in [4.69, 9.17) is 16.3 Å². The fraction of sp³-hybridized carbons (Fsp3) is 0.133. The van der Waals surface area contributed by atoms with E-state index in [0.717, 1.165) is 0 Å². The molecule has 0 saturated carbocycles. The number of carboxylic acids is 1. The molecule has 0 saturated heterocycles. The summed E-state index contributed by atoms with van der Waals surface area (Å²) in [4.78, 5) is 11.3. The summed E-state index contributed by atoms with van der Waals surface area (Å²) in [5.41, 5.74) is 1.15. The van der Waals surface area contributed by atoms with Crippen molar-refractivity contribution in [1.82, 2.24) is 0 Å². The van der Waals surface area contributed by atoms with Crippen LogP contribution >= 0.6 is 27.5 Å². The Bertz CT molecular complexity index is 704. The van der Waals surface area contributed by atoms with Crippen LogP contribution in [0.5, 0.6) is 5.75 Å². The number of benzene rings is 2. The van der Waals surface area contributed by atoms with Gasteiger partial charge in [0.25, 0.3) is 0 Å². The second-order valence-electron chi connectivity index (χ2n) is 4.41. The molecule has 0 fully saturated rings. The highest BCUT2D eigenvalue weighted by atomic mass is 79.9. The topological polar surface area (TPSA) is 46.5 Å². The lowest BCUT2D eigenvalue weighted by Gasteiger charge is -2.13. The van der Waals surface area contributed by atoms with Crippen LogP contribution in [0, 0.1) is 12.7 Å². The zero-order valence-corrected chi connectivity index (χ0v) is 13.3. The van der Waals surface area contributed by atoms with Gasteiger partial charge in [-0.2, -0.15) is 0 Å². The average Bonchev–Trinajstić information content (AvgIpc) is 2.41. The van der Waals surface area contributed by atoms with Gasteiger partial charge in [-0.15, -0.1) is 0 Å². The summed E-state index contributed by atoms with van der Waals surface area (Å²) >= 11 is 9.09. The molecule has 2 rings (SSSR count). The van der Waals surface area contributed by atoms with Gasteiger partial charge in [0.1, 0.15) is 23.7 Å². The Kier molecular flexibility index (Phi) is 4.85. The third-order valence-corrected chi connectivity index (χ3v) is 3.75. The lowest BCUT2D eigenvalue weighted by atomic mass is 10.1. The van der Waals surface area contributed by atoms with E-state index in [9.17, 15) is 14.3 Å². The fourth-order valence-corrected chi connectivity index (χ4v) is 2.64. The number of rotatable bonds is 4. The molecule has 2 aromatic carbocycles. The molecule has 0 radical (unpaired) electrons. The molecular formula is C15H11BrClFO3. The molecule has 0 aromatic heterocycles. The SMILES string of the molecule is Cc1cc(Br)cc(C(=O)O)c1OCc1cccc(F)c1Cl. The zero-order chi connectivity index (χ0) is 15.6. The molecule has 0 bridgehead atoms. The van der Waals surface area contributed by atoms with Gasteiger partial charge in [-0.1, -0.05) is 39.7 Å². The van der Waals surface area contributed by atoms with Crippen molar-refractivity contribution in [3.63, 3.8) is 0 Å². The van der Waals surface area contributed by atoms with Crippen molar-refractivity contribution in [2.75, 3.05) is 0 Å². The second-order valence-corrected chi connectivity index (χ2v) is 5.70. The molecular weight excluding hydrogens is 363 g/mol. The highest BCUT2D eigenvalue weighted by molar-refractivity contribution is 9.10. The van der Waals surface area contributed by atoms with Crippen LogP contribution in [-0.2, 0) is 6.61 Å². The van der Waals surface area contributed by atoms with Crippen molar-refractivity contribution in [2.45, 2.75) is 13.5 Å². The molecule has 6 heteroatoms. The van der Waals surface area contributed by atoms with E-state index in [1.807, 2.05) is 0 Å². The van der Waals surface area contributed by atoms with Crippen molar-refractivity contribution in [2.24, 2.45) is 0 Å². The van der Waals surface area contributed by atoms with Gasteiger partial charge in [-0.05, 0) is 30.7 Å². The largest absolute Gasteiger partial charge is 0.488 e. The van der Waals surface area contributed by atoms with Gasteiger partial charge in [0.2, 0.25) is 0 Å². The maximum Gasteiger partial charge on any atom is 0.339 e. The van der Waals surface area contributed by atoms with Gasteiger partial charge < -0.3 is 9.84 Å². The van der Waals surface area contributed by atoms with Gasteiger partial charge in [0.15, 0.2) is 0 Å². The Morgan fingerprint density at radius 1 is 1.43 bits per heavy atom. The first kappa shape index (κ1) is 15.8.